The van der Waals surface area contributed by atoms with Gasteiger partial charge in [0.1, 0.15) is 17.2 Å². The molecule has 0 amide bonds. The molecule has 0 saturated carbocycles. The molecule has 96 valence electrons. The zero-order valence-electron chi connectivity index (χ0n) is 9.75. The minimum Gasteiger partial charge on any atom is -0.466 e. The zero-order chi connectivity index (χ0) is 13.5. The highest BCUT2D eigenvalue weighted by Crippen LogP contribution is 2.32. The van der Waals surface area contributed by atoms with Crippen LogP contribution >= 0.6 is 0 Å². The maximum absolute atomic E-state index is 13.6. The Morgan fingerprint density at radius 3 is 2.61 bits per heavy atom. The van der Waals surface area contributed by atoms with Crippen LogP contribution in [0.5, 0.6) is 0 Å². The van der Waals surface area contributed by atoms with E-state index in [-0.39, 0.29) is 12.0 Å². The minimum atomic E-state index is -1.63. The van der Waals surface area contributed by atoms with Gasteiger partial charge >= 0.3 is 11.9 Å². The molecule has 18 heavy (non-hydrogen) atoms. The van der Waals surface area contributed by atoms with Gasteiger partial charge in [-0.2, -0.15) is 0 Å². The number of carbonyl (C=O) groups is 2. The first-order chi connectivity index (χ1) is 8.39. The fourth-order valence-corrected chi connectivity index (χ4v) is 1.95. The quantitative estimate of drug-likeness (QED) is 0.716. The fraction of sp³-hybridized carbons (Fsp3) is 0.333. The number of rotatable bonds is 1. The van der Waals surface area contributed by atoms with Crippen molar-refractivity contribution in [2.45, 2.75) is 18.9 Å². The lowest BCUT2D eigenvalue weighted by Gasteiger charge is -2.31. The summed E-state index contributed by atoms with van der Waals surface area (Å²) in [6.45, 7) is 1.30. The first kappa shape index (κ1) is 12.5. The first-order valence-corrected chi connectivity index (χ1v) is 5.17. The number of methoxy groups -OCH3 is 1. The molecular weight excluding hydrogens is 246 g/mol. The Balaban J connectivity index is 2.55. The number of halogens is 2. The van der Waals surface area contributed by atoms with Crippen molar-refractivity contribution in [1.29, 1.82) is 0 Å². The molecule has 1 atom stereocenters. The van der Waals surface area contributed by atoms with Gasteiger partial charge in [0.05, 0.1) is 7.11 Å². The lowest BCUT2D eigenvalue weighted by Crippen LogP contribution is -2.47. The van der Waals surface area contributed by atoms with Crippen LogP contribution in [-0.2, 0) is 20.7 Å². The molecule has 6 heteroatoms. The number of fused-ring (bicyclic) bond motifs is 1. The standard InChI is InChI=1S/C12H10F2O4/c1-12(11(16)17-2)5-6-7(13)3-4-8(14)9(6)10(15)18-12/h3-4H,5H2,1-2H3. The molecular formula is C12H10F2O4. The summed E-state index contributed by atoms with van der Waals surface area (Å²) in [7, 11) is 1.12. The van der Waals surface area contributed by atoms with E-state index in [1.54, 1.807) is 0 Å². The van der Waals surface area contributed by atoms with Gasteiger partial charge in [-0.15, -0.1) is 0 Å². The van der Waals surface area contributed by atoms with Gasteiger partial charge in [0, 0.05) is 12.0 Å². The van der Waals surface area contributed by atoms with Crippen molar-refractivity contribution < 1.29 is 27.8 Å². The number of esters is 2. The summed E-state index contributed by atoms with van der Waals surface area (Å²) in [5.74, 6) is -3.51. The van der Waals surface area contributed by atoms with E-state index in [1.807, 2.05) is 0 Å². The van der Waals surface area contributed by atoms with Crippen LogP contribution < -0.4 is 0 Å². The third-order valence-electron chi connectivity index (χ3n) is 2.86. The van der Waals surface area contributed by atoms with Gasteiger partial charge in [-0.25, -0.2) is 18.4 Å². The van der Waals surface area contributed by atoms with Gasteiger partial charge in [0.25, 0.3) is 0 Å². The first-order valence-electron chi connectivity index (χ1n) is 5.17. The van der Waals surface area contributed by atoms with Crippen molar-refractivity contribution in [2.75, 3.05) is 7.11 Å². The van der Waals surface area contributed by atoms with Crippen LogP contribution in [0.1, 0.15) is 22.8 Å². The van der Waals surface area contributed by atoms with Crippen LogP contribution in [0, 0.1) is 11.6 Å². The molecule has 0 radical (unpaired) electrons. The highest BCUT2D eigenvalue weighted by atomic mass is 19.1. The summed E-state index contributed by atoms with van der Waals surface area (Å²) >= 11 is 0. The molecule has 1 aliphatic rings. The molecule has 1 unspecified atom stereocenters. The molecule has 1 heterocycles. The molecule has 0 N–H and O–H groups in total. The molecule has 2 rings (SSSR count). The van der Waals surface area contributed by atoms with Gasteiger partial charge in [0.2, 0.25) is 5.60 Å². The van der Waals surface area contributed by atoms with E-state index < -0.39 is 34.7 Å². The zero-order valence-corrected chi connectivity index (χ0v) is 9.75. The molecule has 0 aromatic heterocycles. The maximum Gasteiger partial charge on any atom is 0.350 e. The molecule has 4 nitrogen and oxygen atoms in total. The molecule has 1 aliphatic heterocycles. The van der Waals surface area contributed by atoms with E-state index in [0.717, 1.165) is 19.2 Å². The molecule has 0 aliphatic carbocycles. The number of ether oxygens (including phenoxy) is 2. The Bertz CT molecular complexity index is 541. The average Bonchev–Trinajstić information content (AvgIpc) is 2.32. The van der Waals surface area contributed by atoms with Crippen LogP contribution in [0.15, 0.2) is 12.1 Å². The largest absolute Gasteiger partial charge is 0.466 e. The smallest absolute Gasteiger partial charge is 0.350 e. The van der Waals surface area contributed by atoms with Crippen LogP contribution in [0.3, 0.4) is 0 Å². The number of hydrogen-bond donors (Lipinski definition) is 0. The summed E-state index contributed by atoms with van der Waals surface area (Å²) in [6.07, 6.45) is -0.260. The second kappa shape index (κ2) is 4.04. The Morgan fingerprint density at radius 2 is 2.00 bits per heavy atom. The third kappa shape index (κ3) is 1.73. The van der Waals surface area contributed by atoms with E-state index in [4.69, 9.17) is 4.74 Å². The number of carbonyl (C=O) groups excluding carboxylic acids is 2. The maximum atomic E-state index is 13.6. The van der Waals surface area contributed by atoms with Gasteiger partial charge in [-0.05, 0) is 19.1 Å². The molecule has 0 spiro atoms. The lowest BCUT2D eigenvalue weighted by molar-refractivity contribution is -0.161. The van der Waals surface area contributed by atoms with Crippen molar-refractivity contribution in [2.24, 2.45) is 0 Å². The number of cyclic esters (lactones) is 1. The topological polar surface area (TPSA) is 52.6 Å². The second-order valence-corrected chi connectivity index (χ2v) is 4.17. The van der Waals surface area contributed by atoms with Crippen LogP contribution in [0.2, 0.25) is 0 Å². The van der Waals surface area contributed by atoms with E-state index in [1.165, 1.54) is 6.92 Å². The molecule has 0 fully saturated rings. The average molecular weight is 256 g/mol. The van der Waals surface area contributed by atoms with Gasteiger partial charge in [-0.1, -0.05) is 0 Å². The van der Waals surface area contributed by atoms with Crippen LogP contribution in [0.25, 0.3) is 0 Å². The highest BCUT2D eigenvalue weighted by Gasteiger charge is 2.45. The summed E-state index contributed by atoms with van der Waals surface area (Å²) in [5, 5.41) is 0. The summed E-state index contributed by atoms with van der Waals surface area (Å²) < 4.78 is 36.4. The van der Waals surface area contributed by atoms with Gasteiger partial charge in [-0.3, -0.25) is 0 Å². The van der Waals surface area contributed by atoms with Crippen molar-refractivity contribution in [3.8, 4) is 0 Å². The second-order valence-electron chi connectivity index (χ2n) is 4.17. The Hall–Kier alpha value is -1.98. The Morgan fingerprint density at radius 1 is 1.39 bits per heavy atom. The van der Waals surface area contributed by atoms with Crippen LogP contribution in [-0.4, -0.2) is 24.6 Å². The third-order valence-corrected chi connectivity index (χ3v) is 2.86. The summed E-state index contributed by atoms with van der Waals surface area (Å²) in [5.41, 5.74) is -2.26. The van der Waals surface area contributed by atoms with Crippen molar-refractivity contribution in [1.82, 2.24) is 0 Å². The van der Waals surface area contributed by atoms with E-state index in [2.05, 4.69) is 4.74 Å². The predicted molar refractivity (Wildman–Crippen MR) is 55.9 cm³/mol. The lowest BCUT2D eigenvalue weighted by atomic mass is 9.89. The highest BCUT2D eigenvalue weighted by molar-refractivity contribution is 5.96. The summed E-state index contributed by atoms with van der Waals surface area (Å²) in [4.78, 5) is 23.2. The number of hydrogen-bond acceptors (Lipinski definition) is 4. The van der Waals surface area contributed by atoms with E-state index >= 15 is 0 Å². The van der Waals surface area contributed by atoms with Gasteiger partial charge in [0.15, 0.2) is 0 Å². The molecule has 1 aromatic carbocycles. The van der Waals surface area contributed by atoms with E-state index in [9.17, 15) is 18.4 Å². The fourth-order valence-electron chi connectivity index (χ4n) is 1.95. The van der Waals surface area contributed by atoms with Gasteiger partial charge < -0.3 is 9.47 Å². The summed E-state index contributed by atoms with van der Waals surface area (Å²) in [6, 6.07) is 1.75. The van der Waals surface area contributed by atoms with E-state index in [0.29, 0.717) is 0 Å². The molecule has 0 bridgehead atoms. The monoisotopic (exact) mass is 256 g/mol. The minimum absolute atomic E-state index is 0.167. The molecule has 0 saturated heterocycles. The predicted octanol–water partition coefficient (Wildman–Crippen LogP) is 1.61. The number of benzene rings is 1. The van der Waals surface area contributed by atoms with Crippen molar-refractivity contribution in [3.63, 3.8) is 0 Å². The van der Waals surface area contributed by atoms with Crippen molar-refractivity contribution in [3.05, 3.63) is 34.9 Å². The Labute approximate surface area is 101 Å². The normalized spacial score (nSPS) is 22.1. The van der Waals surface area contributed by atoms with Crippen molar-refractivity contribution >= 4 is 11.9 Å². The Kier molecular flexibility index (Phi) is 2.80. The van der Waals surface area contributed by atoms with Crippen LogP contribution in [0.4, 0.5) is 8.78 Å². The molecule has 1 aromatic rings. The SMILES string of the molecule is COC(=O)C1(C)Cc2c(F)ccc(F)c2C(=O)O1.